The lowest BCUT2D eigenvalue weighted by Crippen LogP contribution is -2.48. The molecule has 2 aliphatic heterocycles. The molecule has 5 aromatic rings. The van der Waals surface area contributed by atoms with Crippen molar-refractivity contribution in [1.29, 1.82) is 0 Å². The van der Waals surface area contributed by atoms with E-state index in [0.29, 0.717) is 143 Å². The van der Waals surface area contributed by atoms with Gasteiger partial charge in [0, 0.05) is 86.2 Å². The summed E-state index contributed by atoms with van der Waals surface area (Å²) < 4.78 is 7.05. The maximum atomic E-state index is 14.3. The Morgan fingerprint density at radius 3 is 2.42 bits per heavy atom. The normalized spacial score (nSPS) is 19.4. The second kappa shape index (κ2) is 29.2. The number of amides is 5. The zero-order valence-corrected chi connectivity index (χ0v) is 51.5. The summed E-state index contributed by atoms with van der Waals surface area (Å²) in [5, 5.41) is 23.3. The van der Waals surface area contributed by atoms with E-state index in [-0.39, 0.29) is 41.0 Å². The standard InChI is InChI=1S/C65H86N12O8S/c1-43(51(36-66)49-21-22-57(72-55(49)38-79)76-31-23-45-12-9-13-50(52(45)37-76)58(81)74-61-73-53-14-7-8-16-56(53)86-61)70-42-64(4,41-65(5)35-48(80)34-63(2,3)40-65)26-11-28-77(47-24-29-75(30-25-47)32-33-78)62(84)85-39-44-17-19-46(20-18-44)71-59(82)54(68-6)15-10-27-69-60(67)83/h7-9,12-14,16-22,33,36,38,47-48,54,68,80H,10-11,15,23-32,34-35,37,39-42,66H2,1-6H3,(H,71,82)(H3,67,69,83)(H,73,74,81). The molecule has 21 heteroatoms. The Hall–Kier alpha value is -7.59. The molecule has 3 aliphatic rings. The molecule has 4 unspecified atom stereocenters. The number of fused-ring (bicyclic) bond motifs is 2. The number of piperidine rings is 1. The van der Waals surface area contributed by atoms with E-state index < -0.39 is 29.7 Å². The molecule has 8 rings (SSSR count). The fourth-order valence-corrected chi connectivity index (χ4v) is 14.3. The van der Waals surface area contributed by atoms with Crippen LogP contribution in [0.1, 0.15) is 142 Å². The summed E-state index contributed by atoms with van der Waals surface area (Å²) in [5.41, 5.74) is 17.5. The average molecular weight is 1200 g/mol. The van der Waals surface area contributed by atoms with Crippen LogP contribution in [0.4, 0.5) is 26.2 Å². The second-order valence-corrected chi connectivity index (χ2v) is 26.0. The highest BCUT2D eigenvalue weighted by molar-refractivity contribution is 7.22. The van der Waals surface area contributed by atoms with Crippen LogP contribution in [0.5, 0.6) is 0 Å². The predicted octanol–water partition coefficient (Wildman–Crippen LogP) is 9.11. The van der Waals surface area contributed by atoms with Gasteiger partial charge in [-0.05, 0) is 160 Å². The molecule has 0 bridgehead atoms. The number of aromatic nitrogens is 2. The third-order valence-corrected chi connectivity index (χ3v) is 18.1. The number of pyridine rings is 1. The predicted molar refractivity (Wildman–Crippen MR) is 339 cm³/mol. The Labute approximate surface area is 509 Å². The van der Waals surface area contributed by atoms with E-state index in [1.54, 1.807) is 19.2 Å². The minimum Gasteiger partial charge on any atom is -0.445 e. The number of hydrogen-bond donors (Lipinski definition) is 7. The number of urea groups is 1. The second-order valence-electron chi connectivity index (χ2n) is 25.0. The van der Waals surface area contributed by atoms with Crippen molar-refractivity contribution in [3.05, 3.63) is 119 Å². The molecule has 1 aliphatic carbocycles. The first-order chi connectivity index (χ1) is 41.2. The van der Waals surface area contributed by atoms with E-state index in [1.165, 1.54) is 17.5 Å². The maximum absolute atomic E-state index is 14.3. The number of nitrogens with two attached hydrogens (primary N) is 2. The third kappa shape index (κ3) is 17.1. The molecule has 3 aromatic carbocycles. The molecule has 4 atom stereocenters. The highest BCUT2D eigenvalue weighted by Crippen LogP contribution is 2.52. The van der Waals surface area contributed by atoms with Crippen molar-refractivity contribution in [3.63, 3.8) is 0 Å². The van der Waals surface area contributed by atoms with Crippen LogP contribution in [0.15, 0.2) is 90.1 Å². The van der Waals surface area contributed by atoms with Crippen LogP contribution < -0.4 is 37.6 Å². The molecule has 2 aromatic heterocycles. The van der Waals surface area contributed by atoms with Crippen LogP contribution >= 0.6 is 11.3 Å². The van der Waals surface area contributed by atoms with Crippen LogP contribution in [0.2, 0.25) is 0 Å². The number of primary amides is 1. The summed E-state index contributed by atoms with van der Waals surface area (Å²) in [6.45, 7) is 14.8. The third-order valence-electron chi connectivity index (χ3n) is 17.2. The summed E-state index contributed by atoms with van der Waals surface area (Å²) in [4.78, 5) is 97.5. The monoisotopic (exact) mass is 1190 g/mol. The van der Waals surface area contributed by atoms with E-state index >= 15 is 0 Å². The molecule has 0 spiro atoms. The highest BCUT2D eigenvalue weighted by Gasteiger charge is 2.44. The van der Waals surface area contributed by atoms with Gasteiger partial charge in [-0.25, -0.2) is 19.6 Å². The van der Waals surface area contributed by atoms with Crippen LogP contribution in [0.25, 0.3) is 15.8 Å². The van der Waals surface area contributed by atoms with Gasteiger partial charge in [-0.15, -0.1) is 0 Å². The fraction of sp³-hybridized carbons (Fsp3) is 0.492. The number of aliphatic hydroxyl groups excluding tert-OH is 1. The molecule has 4 heterocycles. The fourth-order valence-electron chi connectivity index (χ4n) is 13.5. The maximum Gasteiger partial charge on any atom is 0.410 e. The lowest BCUT2D eigenvalue weighted by molar-refractivity contribution is -0.118. The molecule has 5 amide bonds. The number of carbonyl (C=O) groups excluding carboxylic acids is 6. The number of thiazole rings is 1. The number of nitrogens with one attached hydrogen (secondary N) is 4. The van der Waals surface area contributed by atoms with Gasteiger partial charge in [0.05, 0.1) is 28.9 Å². The van der Waals surface area contributed by atoms with Gasteiger partial charge in [0.15, 0.2) is 11.4 Å². The van der Waals surface area contributed by atoms with Gasteiger partial charge in [0.2, 0.25) is 5.91 Å². The van der Waals surface area contributed by atoms with Gasteiger partial charge in [0.25, 0.3) is 5.91 Å². The van der Waals surface area contributed by atoms with Gasteiger partial charge in [-0.1, -0.05) is 75.4 Å². The Morgan fingerprint density at radius 1 is 0.953 bits per heavy atom. The SMILES string of the molecule is CNC(CCCNC(N)=O)C(=O)Nc1ccc(COC(=O)N(CCCC(C)(CN=C(C)C(=CN)c2ccc(N3CCc4cccc(C(=O)Nc5nc6ccccc6s5)c4C3)nc2C=O)CC2(C)CC(O)CC(C)(C)C2)C2CCN(CC=O)CC2)cc1. The first-order valence-corrected chi connectivity index (χ1v) is 30.8. The number of para-hydroxylation sites is 1. The summed E-state index contributed by atoms with van der Waals surface area (Å²) in [6.07, 6.45) is 9.74. The first-order valence-electron chi connectivity index (χ1n) is 30.0. The molecule has 2 fully saturated rings. The van der Waals surface area contributed by atoms with E-state index in [9.17, 15) is 33.9 Å². The van der Waals surface area contributed by atoms with E-state index in [1.807, 2.05) is 78.6 Å². The van der Waals surface area contributed by atoms with Crippen molar-refractivity contribution in [1.82, 2.24) is 30.4 Å². The summed E-state index contributed by atoms with van der Waals surface area (Å²) >= 11 is 1.43. The average Bonchev–Trinajstić information content (AvgIpc) is 2.22. The van der Waals surface area contributed by atoms with Crippen LogP contribution in [-0.4, -0.2) is 138 Å². The number of aliphatic hydroxyl groups is 1. The Bertz CT molecular complexity index is 3240. The number of likely N-dealkylation sites (N-methyl/N-ethyl adjacent to an activating group) is 1. The number of anilines is 3. The van der Waals surface area contributed by atoms with Gasteiger partial charge < -0.3 is 51.9 Å². The van der Waals surface area contributed by atoms with Crippen molar-refractivity contribution in [2.75, 3.05) is 68.4 Å². The Morgan fingerprint density at radius 2 is 1.72 bits per heavy atom. The Balaban J connectivity index is 0.959. The summed E-state index contributed by atoms with van der Waals surface area (Å²) in [6, 6.07) is 23.2. The lowest BCUT2D eigenvalue weighted by atomic mass is 9.58. The molecule has 1 saturated heterocycles. The lowest BCUT2D eigenvalue weighted by Gasteiger charge is -2.49. The van der Waals surface area contributed by atoms with Gasteiger partial charge >= 0.3 is 12.1 Å². The Kier molecular flexibility index (Phi) is 21.9. The molecule has 20 nitrogen and oxygen atoms in total. The van der Waals surface area contributed by atoms with Crippen LogP contribution in [0.3, 0.4) is 0 Å². The summed E-state index contributed by atoms with van der Waals surface area (Å²) in [5.74, 6) is 0.134. The van der Waals surface area contributed by atoms with Gasteiger partial charge in [-0.2, -0.15) is 0 Å². The van der Waals surface area contributed by atoms with E-state index in [4.69, 9.17) is 26.2 Å². The van der Waals surface area contributed by atoms with Gasteiger partial charge in [0.1, 0.15) is 24.4 Å². The molecular formula is C65H86N12O8S. The highest BCUT2D eigenvalue weighted by atomic mass is 32.1. The number of carbonyl (C=O) groups is 6. The van der Waals surface area contributed by atoms with Crippen molar-refractivity contribution in [2.24, 2.45) is 32.7 Å². The number of nitrogens with zero attached hydrogens (tertiary/aromatic N) is 6. The number of rotatable bonds is 26. The van der Waals surface area contributed by atoms with Crippen molar-refractivity contribution in [3.8, 4) is 0 Å². The molecule has 9 N–H and O–H groups in total. The number of hydrogen-bond acceptors (Lipinski definition) is 16. The number of aldehydes is 2. The van der Waals surface area contributed by atoms with Crippen molar-refractivity contribution < 1.29 is 38.6 Å². The minimum absolute atomic E-state index is 0.0174. The minimum atomic E-state index is -0.611. The van der Waals surface area contributed by atoms with Gasteiger partial charge in [-0.3, -0.25) is 29.6 Å². The molecule has 460 valence electrons. The van der Waals surface area contributed by atoms with Crippen molar-refractivity contribution in [2.45, 2.75) is 137 Å². The first kappa shape index (κ1) is 64.4. The topological polar surface area (TPSA) is 280 Å². The molecule has 0 radical (unpaired) electrons. The molecule has 1 saturated carbocycles. The molecular weight excluding hydrogens is 1110 g/mol. The van der Waals surface area contributed by atoms with E-state index in [0.717, 1.165) is 58.7 Å². The summed E-state index contributed by atoms with van der Waals surface area (Å²) in [7, 11) is 1.70. The van der Waals surface area contributed by atoms with Crippen LogP contribution in [0, 0.1) is 16.2 Å². The number of likely N-dealkylation sites (tertiary alicyclic amines) is 1. The number of ether oxygens (including phenoxy) is 1. The zero-order chi connectivity index (χ0) is 61.6. The number of aliphatic imine (C=N–C) groups is 1. The van der Waals surface area contributed by atoms with E-state index in [2.05, 4.69) is 63.7 Å². The molecule has 86 heavy (non-hydrogen) atoms. The smallest absolute Gasteiger partial charge is 0.410 e. The largest absolute Gasteiger partial charge is 0.445 e. The number of allylic oxidation sites excluding steroid dienone is 1. The zero-order valence-electron chi connectivity index (χ0n) is 50.7. The van der Waals surface area contributed by atoms with Crippen molar-refractivity contribution >= 4 is 86.0 Å². The number of benzene rings is 3. The van der Waals surface area contributed by atoms with Crippen LogP contribution in [-0.2, 0) is 33.9 Å². The quantitative estimate of drug-likeness (QED) is 0.0155.